The van der Waals surface area contributed by atoms with Crippen LogP contribution in [0.1, 0.15) is 29.6 Å². The van der Waals surface area contributed by atoms with Crippen LogP contribution in [0.3, 0.4) is 0 Å². The zero-order valence-electron chi connectivity index (χ0n) is 17.6. The Bertz CT molecular complexity index is 1160. The van der Waals surface area contributed by atoms with Gasteiger partial charge in [0.1, 0.15) is 11.9 Å². The quantitative estimate of drug-likeness (QED) is 0.495. The van der Waals surface area contributed by atoms with Crippen molar-refractivity contribution in [1.29, 1.82) is 0 Å². The Balaban J connectivity index is 1.20. The van der Waals surface area contributed by atoms with E-state index in [1.807, 2.05) is 12.1 Å². The number of carbonyl (C=O) groups excluding carboxylic acids is 1. The maximum atomic E-state index is 12.6. The number of H-pyrrole nitrogens is 1. The minimum absolute atomic E-state index is 0.164. The lowest BCUT2D eigenvalue weighted by molar-refractivity contribution is 0.0936. The predicted molar refractivity (Wildman–Crippen MR) is 128 cm³/mol. The number of halogens is 2. The van der Waals surface area contributed by atoms with E-state index >= 15 is 0 Å². The third-order valence-electron chi connectivity index (χ3n) is 5.72. The molecule has 0 aliphatic carbocycles. The molecular formula is C24H25Cl2N3O3. The van der Waals surface area contributed by atoms with Gasteiger partial charge >= 0.3 is 0 Å². The Morgan fingerprint density at radius 3 is 2.59 bits per heavy atom. The van der Waals surface area contributed by atoms with E-state index in [9.17, 15) is 9.59 Å². The van der Waals surface area contributed by atoms with Crippen LogP contribution in [0.5, 0.6) is 5.75 Å². The van der Waals surface area contributed by atoms with Crippen LogP contribution in [0.15, 0.2) is 53.5 Å². The fraction of sp³-hybridized carbons (Fsp3) is 0.333. The summed E-state index contributed by atoms with van der Waals surface area (Å²) in [7, 11) is 0. The van der Waals surface area contributed by atoms with Crippen molar-refractivity contribution in [2.75, 3.05) is 26.2 Å². The third kappa shape index (κ3) is 5.44. The van der Waals surface area contributed by atoms with Crippen molar-refractivity contribution >= 4 is 39.9 Å². The zero-order valence-corrected chi connectivity index (χ0v) is 19.1. The summed E-state index contributed by atoms with van der Waals surface area (Å²) in [5.41, 5.74) is 0.296. The maximum Gasteiger partial charge on any atom is 0.255 e. The second-order valence-electron chi connectivity index (χ2n) is 7.92. The largest absolute Gasteiger partial charge is 0.490 e. The van der Waals surface area contributed by atoms with Crippen LogP contribution < -0.4 is 15.6 Å². The number of pyridine rings is 1. The number of piperidine rings is 1. The molecule has 0 radical (unpaired) electrons. The lowest BCUT2D eigenvalue weighted by Gasteiger charge is -2.32. The molecule has 2 heterocycles. The molecule has 1 amide bonds. The molecule has 0 spiro atoms. The van der Waals surface area contributed by atoms with Gasteiger partial charge in [0.15, 0.2) is 0 Å². The van der Waals surface area contributed by atoms with Gasteiger partial charge in [0.2, 0.25) is 0 Å². The Morgan fingerprint density at radius 1 is 1.09 bits per heavy atom. The summed E-state index contributed by atoms with van der Waals surface area (Å²) >= 11 is 12.0. The fourth-order valence-corrected chi connectivity index (χ4v) is 4.28. The van der Waals surface area contributed by atoms with E-state index in [-0.39, 0.29) is 17.6 Å². The Labute approximate surface area is 196 Å². The number of rotatable bonds is 7. The molecule has 3 aromatic rings. The summed E-state index contributed by atoms with van der Waals surface area (Å²) in [6, 6.07) is 12.5. The number of benzene rings is 2. The van der Waals surface area contributed by atoms with Gasteiger partial charge in [-0.2, -0.15) is 0 Å². The number of hydrogen-bond acceptors (Lipinski definition) is 4. The SMILES string of the molecule is O=C(NCCCN1CCC(Oc2ccc(Cl)c(Cl)c2)CC1)c1c[nH]c(=O)c2ccccc12. The molecule has 0 bridgehead atoms. The van der Waals surface area contributed by atoms with Crippen LogP contribution in [0.25, 0.3) is 10.8 Å². The van der Waals surface area contributed by atoms with Crippen molar-refractivity contribution in [1.82, 2.24) is 15.2 Å². The average Bonchev–Trinajstić information content (AvgIpc) is 2.80. The van der Waals surface area contributed by atoms with Crippen LogP contribution in [-0.2, 0) is 0 Å². The van der Waals surface area contributed by atoms with Crippen molar-refractivity contribution in [3.05, 3.63) is 74.6 Å². The molecule has 2 aromatic carbocycles. The number of amides is 1. The van der Waals surface area contributed by atoms with E-state index < -0.39 is 0 Å². The summed E-state index contributed by atoms with van der Waals surface area (Å²) in [5.74, 6) is 0.571. The number of nitrogens with zero attached hydrogens (tertiary/aromatic N) is 1. The first-order valence-corrected chi connectivity index (χ1v) is 11.5. The monoisotopic (exact) mass is 473 g/mol. The van der Waals surface area contributed by atoms with Gasteiger partial charge in [0, 0.05) is 42.7 Å². The van der Waals surface area contributed by atoms with Crippen molar-refractivity contribution < 1.29 is 9.53 Å². The van der Waals surface area contributed by atoms with E-state index in [1.165, 1.54) is 6.20 Å². The molecule has 0 saturated carbocycles. The van der Waals surface area contributed by atoms with Gasteiger partial charge in [-0.15, -0.1) is 0 Å². The molecule has 2 N–H and O–H groups in total. The molecule has 32 heavy (non-hydrogen) atoms. The zero-order chi connectivity index (χ0) is 22.5. The summed E-state index contributed by atoms with van der Waals surface area (Å²) < 4.78 is 6.04. The number of likely N-dealkylation sites (tertiary alicyclic amines) is 1. The van der Waals surface area contributed by atoms with E-state index in [1.54, 1.807) is 30.3 Å². The summed E-state index contributed by atoms with van der Waals surface area (Å²) in [6.45, 7) is 3.38. The molecule has 1 aliphatic heterocycles. The molecule has 8 heteroatoms. The summed E-state index contributed by atoms with van der Waals surface area (Å²) in [5, 5.41) is 5.17. The second kappa shape index (κ2) is 10.4. The second-order valence-corrected chi connectivity index (χ2v) is 8.74. The highest BCUT2D eigenvalue weighted by molar-refractivity contribution is 6.42. The van der Waals surface area contributed by atoms with Gasteiger partial charge in [-0.3, -0.25) is 9.59 Å². The molecule has 6 nitrogen and oxygen atoms in total. The Kier molecular flexibility index (Phi) is 7.35. The number of hydrogen-bond donors (Lipinski definition) is 2. The molecule has 4 rings (SSSR count). The fourth-order valence-electron chi connectivity index (χ4n) is 3.99. The predicted octanol–water partition coefficient (Wildman–Crippen LogP) is 4.50. The van der Waals surface area contributed by atoms with Crippen molar-refractivity contribution in [2.24, 2.45) is 0 Å². The number of carbonyl (C=O) groups is 1. The van der Waals surface area contributed by atoms with E-state index in [2.05, 4.69) is 15.2 Å². The molecule has 0 unspecified atom stereocenters. The van der Waals surface area contributed by atoms with E-state index in [0.29, 0.717) is 32.9 Å². The smallest absolute Gasteiger partial charge is 0.255 e. The first-order valence-electron chi connectivity index (χ1n) is 10.7. The highest BCUT2D eigenvalue weighted by Crippen LogP contribution is 2.28. The highest BCUT2D eigenvalue weighted by atomic mass is 35.5. The molecule has 0 atom stereocenters. The van der Waals surface area contributed by atoms with Crippen molar-refractivity contribution in [3.63, 3.8) is 0 Å². The lowest BCUT2D eigenvalue weighted by atomic mass is 10.1. The number of ether oxygens (including phenoxy) is 1. The summed E-state index contributed by atoms with van der Waals surface area (Å²) in [6.07, 6.45) is 4.38. The minimum Gasteiger partial charge on any atom is -0.490 e. The number of aromatic nitrogens is 1. The lowest BCUT2D eigenvalue weighted by Crippen LogP contribution is -2.39. The Morgan fingerprint density at radius 2 is 1.84 bits per heavy atom. The van der Waals surface area contributed by atoms with Gasteiger partial charge in [-0.1, -0.05) is 41.4 Å². The molecule has 1 aromatic heterocycles. The molecule has 1 fully saturated rings. The van der Waals surface area contributed by atoms with Gasteiger partial charge < -0.3 is 19.9 Å². The van der Waals surface area contributed by atoms with Crippen molar-refractivity contribution in [2.45, 2.75) is 25.4 Å². The number of nitrogens with one attached hydrogen (secondary N) is 2. The highest BCUT2D eigenvalue weighted by Gasteiger charge is 2.20. The normalized spacial score (nSPS) is 15.1. The minimum atomic E-state index is -0.191. The maximum absolute atomic E-state index is 12.6. The van der Waals surface area contributed by atoms with Gasteiger partial charge in [0.25, 0.3) is 11.5 Å². The Hall–Kier alpha value is -2.54. The molecular weight excluding hydrogens is 449 g/mol. The van der Waals surface area contributed by atoms with E-state index in [0.717, 1.165) is 44.6 Å². The topological polar surface area (TPSA) is 74.4 Å². The number of aromatic amines is 1. The van der Waals surface area contributed by atoms with E-state index in [4.69, 9.17) is 27.9 Å². The van der Waals surface area contributed by atoms with Crippen LogP contribution in [-0.4, -0.2) is 48.1 Å². The van der Waals surface area contributed by atoms with Crippen LogP contribution in [0.4, 0.5) is 0 Å². The molecule has 1 aliphatic rings. The van der Waals surface area contributed by atoms with Crippen LogP contribution in [0, 0.1) is 0 Å². The van der Waals surface area contributed by atoms with Crippen LogP contribution in [0.2, 0.25) is 10.0 Å². The first-order chi connectivity index (χ1) is 15.5. The van der Waals surface area contributed by atoms with Gasteiger partial charge in [0.05, 0.1) is 15.6 Å². The molecule has 168 valence electrons. The molecule has 1 saturated heterocycles. The van der Waals surface area contributed by atoms with Gasteiger partial charge in [-0.25, -0.2) is 0 Å². The average molecular weight is 474 g/mol. The standard InChI is InChI=1S/C24H25Cl2N3O3/c25-21-7-6-17(14-22(21)26)32-16-8-12-29(13-9-16)11-3-10-27-24(31)20-15-28-23(30)19-5-2-1-4-18(19)20/h1-2,4-7,14-16H,3,8-13H2,(H,27,31)(H,28,30). The van der Waals surface area contributed by atoms with Gasteiger partial charge in [-0.05, 0) is 44.0 Å². The van der Waals surface area contributed by atoms with Crippen molar-refractivity contribution in [3.8, 4) is 5.75 Å². The summed E-state index contributed by atoms with van der Waals surface area (Å²) in [4.78, 5) is 29.6. The third-order valence-corrected chi connectivity index (χ3v) is 6.46. The van der Waals surface area contributed by atoms with Crippen LogP contribution >= 0.6 is 23.2 Å². The number of fused-ring (bicyclic) bond motifs is 1. The first kappa shape index (κ1) is 22.6.